The van der Waals surface area contributed by atoms with Crippen molar-refractivity contribution >= 4 is 23.8 Å². The van der Waals surface area contributed by atoms with E-state index in [1.54, 1.807) is 4.90 Å². The molecule has 0 aliphatic carbocycles. The number of amides is 4. The summed E-state index contributed by atoms with van der Waals surface area (Å²) in [5.41, 5.74) is 8.71. The molecule has 2 heterocycles. The molecule has 5 atom stereocenters. The largest absolute Gasteiger partial charge is 0.459 e. The number of nitrogens with zero attached hydrogens (tertiary/aromatic N) is 1. The fraction of sp³-hybridized carbons (Fsp3) is 0.500. The minimum absolute atomic E-state index is 0.119. The van der Waals surface area contributed by atoms with Crippen LogP contribution in [0, 0.1) is 5.92 Å². The van der Waals surface area contributed by atoms with Gasteiger partial charge in [0.2, 0.25) is 11.8 Å². The molecule has 2 aliphatic rings. The van der Waals surface area contributed by atoms with E-state index in [9.17, 15) is 19.2 Å². The van der Waals surface area contributed by atoms with Gasteiger partial charge in [0, 0.05) is 38.0 Å². The molecule has 0 aromatic heterocycles. The molecule has 2 aromatic carbocycles. The molecule has 10 heteroatoms. The maximum atomic E-state index is 13.8. The Morgan fingerprint density at radius 1 is 1.02 bits per heavy atom. The normalized spacial score (nSPS) is 19.8. The number of carbonyl (C=O) groups excluding carboxylic acids is 4. The molecule has 10 nitrogen and oxygen atoms in total. The quantitative estimate of drug-likeness (QED) is 0.269. The molecular weight excluding hydrogens is 534 g/mol. The summed E-state index contributed by atoms with van der Waals surface area (Å²) in [5, 5.41) is 8.70. The molecule has 5 N–H and O–H groups in total. The zero-order valence-electron chi connectivity index (χ0n) is 24.5. The molecule has 5 unspecified atom stereocenters. The van der Waals surface area contributed by atoms with Crippen LogP contribution in [0.4, 0.5) is 4.79 Å². The predicted molar refractivity (Wildman–Crippen MR) is 159 cm³/mol. The van der Waals surface area contributed by atoms with E-state index in [-0.39, 0.29) is 36.6 Å². The van der Waals surface area contributed by atoms with Gasteiger partial charge >= 0.3 is 12.0 Å². The van der Waals surface area contributed by atoms with Crippen LogP contribution < -0.4 is 21.7 Å². The average Bonchev–Trinajstić information content (AvgIpc) is 3.41. The van der Waals surface area contributed by atoms with Crippen molar-refractivity contribution in [3.8, 4) is 0 Å². The lowest BCUT2D eigenvalue weighted by Gasteiger charge is -2.37. The number of hydrogen-bond donors (Lipinski definition) is 4. The van der Waals surface area contributed by atoms with Gasteiger partial charge in [0.05, 0.1) is 0 Å². The molecule has 2 aromatic rings. The number of ether oxygens (including phenoxy) is 1. The van der Waals surface area contributed by atoms with Gasteiger partial charge in [-0.2, -0.15) is 0 Å². The van der Waals surface area contributed by atoms with Crippen LogP contribution in [0.25, 0.3) is 0 Å². The van der Waals surface area contributed by atoms with Gasteiger partial charge in [-0.25, -0.2) is 9.59 Å². The van der Waals surface area contributed by atoms with Crippen LogP contribution in [-0.2, 0) is 32.0 Å². The van der Waals surface area contributed by atoms with Gasteiger partial charge in [-0.05, 0) is 42.7 Å². The summed E-state index contributed by atoms with van der Waals surface area (Å²) in [7, 11) is 0. The maximum Gasteiger partial charge on any atom is 0.328 e. The smallest absolute Gasteiger partial charge is 0.328 e. The SMILES string of the molecule is CC(C)C(C(=O)NC(Cc1ccccc1)CC(OC(=O)C1CCC(=O)N1)C(N)Cc1ccccc1)N1CCCNC1=O. The highest BCUT2D eigenvalue weighted by Crippen LogP contribution is 2.20. The van der Waals surface area contributed by atoms with Crippen LogP contribution in [0.3, 0.4) is 0 Å². The number of carbonyl (C=O) groups is 4. The van der Waals surface area contributed by atoms with Crippen LogP contribution in [0.5, 0.6) is 0 Å². The first-order valence-corrected chi connectivity index (χ1v) is 14.9. The second-order valence-corrected chi connectivity index (χ2v) is 11.6. The molecule has 4 rings (SSSR count). The second-order valence-electron chi connectivity index (χ2n) is 11.6. The number of rotatable bonds is 13. The van der Waals surface area contributed by atoms with Gasteiger partial charge in [-0.1, -0.05) is 74.5 Å². The van der Waals surface area contributed by atoms with Crippen LogP contribution in [0.1, 0.15) is 50.7 Å². The van der Waals surface area contributed by atoms with Gasteiger partial charge in [-0.3, -0.25) is 9.59 Å². The zero-order chi connectivity index (χ0) is 30.1. The summed E-state index contributed by atoms with van der Waals surface area (Å²) in [6, 6.07) is 16.9. The summed E-state index contributed by atoms with van der Waals surface area (Å²) in [4.78, 5) is 53.0. The van der Waals surface area contributed by atoms with Crippen LogP contribution in [-0.4, -0.2) is 72.1 Å². The van der Waals surface area contributed by atoms with E-state index in [0.29, 0.717) is 32.4 Å². The molecule has 0 saturated carbocycles. The third kappa shape index (κ3) is 8.55. The highest BCUT2D eigenvalue weighted by molar-refractivity contribution is 5.88. The predicted octanol–water partition coefficient (Wildman–Crippen LogP) is 2.30. The van der Waals surface area contributed by atoms with Crippen molar-refractivity contribution in [2.24, 2.45) is 11.7 Å². The van der Waals surface area contributed by atoms with Crippen molar-refractivity contribution in [1.82, 2.24) is 20.9 Å². The number of nitrogens with two attached hydrogens (primary N) is 1. The second kappa shape index (κ2) is 14.8. The summed E-state index contributed by atoms with van der Waals surface area (Å²) in [6.07, 6.45) is 1.88. The summed E-state index contributed by atoms with van der Waals surface area (Å²) in [5.74, 6) is -1.08. The Labute approximate surface area is 247 Å². The third-order valence-corrected chi connectivity index (χ3v) is 7.88. The van der Waals surface area contributed by atoms with E-state index in [1.807, 2.05) is 74.5 Å². The Morgan fingerprint density at radius 2 is 1.67 bits per heavy atom. The summed E-state index contributed by atoms with van der Waals surface area (Å²) < 4.78 is 6.00. The summed E-state index contributed by atoms with van der Waals surface area (Å²) in [6.45, 7) is 4.94. The Balaban J connectivity index is 1.57. The molecule has 0 radical (unpaired) electrons. The number of esters is 1. The van der Waals surface area contributed by atoms with Crippen molar-refractivity contribution < 1.29 is 23.9 Å². The van der Waals surface area contributed by atoms with Crippen molar-refractivity contribution in [2.45, 2.75) is 82.6 Å². The van der Waals surface area contributed by atoms with Gasteiger partial charge in [0.25, 0.3) is 0 Å². The Kier molecular flexibility index (Phi) is 10.9. The standard InChI is InChI=1S/C32H43N5O5/c1-21(2)29(37-17-9-16-34-32(37)41)30(39)35-24(18-22-10-5-3-6-11-22)20-27(25(33)19-23-12-7-4-8-13-23)42-31(40)26-14-15-28(38)36-26/h3-8,10-13,21,24-27,29H,9,14-20,33H2,1-2H3,(H,34,41)(H,35,39)(H,36,38). The minimum Gasteiger partial charge on any atom is -0.459 e. The van der Waals surface area contributed by atoms with E-state index in [4.69, 9.17) is 10.5 Å². The molecule has 2 fully saturated rings. The fourth-order valence-electron chi connectivity index (χ4n) is 5.73. The van der Waals surface area contributed by atoms with E-state index in [1.165, 1.54) is 0 Å². The van der Waals surface area contributed by atoms with Crippen molar-refractivity contribution in [2.75, 3.05) is 13.1 Å². The molecule has 2 saturated heterocycles. The topological polar surface area (TPSA) is 143 Å². The lowest BCUT2D eigenvalue weighted by atomic mass is 9.93. The molecule has 2 aliphatic heterocycles. The van der Waals surface area contributed by atoms with Crippen molar-refractivity contribution in [3.63, 3.8) is 0 Å². The molecule has 42 heavy (non-hydrogen) atoms. The van der Waals surface area contributed by atoms with E-state index in [2.05, 4.69) is 16.0 Å². The highest BCUT2D eigenvalue weighted by atomic mass is 16.5. The van der Waals surface area contributed by atoms with Crippen LogP contribution >= 0.6 is 0 Å². The van der Waals surface area contributed by atoms with E-state index >= 15 is 0 Å². The first-order chi connectivity index (χ1) is 20.2. The Hall–Kier alpha value is -3.92. The first kappa shape index (κ1) is 31.0. The lowest BCUT2D eigenvalue weighted by molar-refractivity contribution is -0.153. The zero-order valence-corrected chi connectivity index (χ0v) is 24.5. The molecule has 4 amide bonds. The number of benzene rings is 2. The van der Waals surface area contributed by atoms with Gasteiger partial charge in [0.15, 0.2) is 0 Å². The number of nitrogens with one attached hydrogen (secondary N) is 3. The average molecular weight is 578 g/mol. The van der Waals surface area contributed by atoms with E-state index in [0.717, 1.165) is 17.5 Å². The van der Waals surface area contributed by atoms with E-state index < -0.39 is 36.2 Å². The fourth-order valence-corrected chi connectivity index (χ4v) is 5.73. The number of urea groups is 1. The summed E-state index contributed by atoms with van der Waals surface area (Å²) >= 11 is 0. The molecule has 0 spiro atoms. The van der Waals surface area contributed by atoms with Crippen molar-refractivity contribution in [3.05, 3.63) is 71.8 Å². The number of hydrogen-bond acceptors (Lipinski definition) is 6. The highest BCUT2D eigenvalue weighted by Gasteiger charge is 2.37. The first-order valence-electron chi connectivity index (χ1n) is 14.9. The van der Waals surface area contributed by atoms with Gasteiger partial charge < -0.3 is 31.3 Å². The van der Waals surface area contributed by atoms with Crippen molar-refractivity contribution in [1.29, 1.82) is 0 Å². The van der Waals surface area contributed by atoms with Crippen LogP contribution in [0.15, 0.2) is 60.7 Å². The Morgan fingerprint density at radius 3 is 2.24 bits per heavy atom. The lowest BCUT2D eigenvalue weighted by Crippen LogP contribution is -2.59. The maximum absolute atomic E-state index is 13.8. The van der Waals surface area contributed by atoms with Gasteiger partial charge in [0.1, 0.15) is 18.2 Å². The third-order valence-electron chi connectivity index (χ3n) is 7.88. The molecular formula is C32H43N5O5. The Bertz CT molecular complexity index is 1210. The molecule has 226 valence electrons. The minimum atomic E-state index is -0.736. The monoisotopic (exact) mass is 577 g/mol. The van der Waals surface area contributed by atoms with Gasteiger partial charge in [-0.15, -0.1) is 0 Å². The van der Waals surface area contributed by atoms with Crippen LogP contribution in [0.2, 0.25) is 0 Å². The molecule has 0 bridgehead atoms.